The maximum absolute atomic E-state index is 9.22. The zero-order valence-electron chi connectivity index (χ0n) is 8.85. The molecule has 5 nitrogen and oxygen atoms in total. The monoisotopic (exact) mass is 208 g/mol. The molecular formula is C10H16N4O. The summed E-state index contributed by atoms with van der Waals surface area (Å²) in [6.45, 7) is 1.14. The van der Waals surface area contributed by atoms with Gasteiger partial charge in [-0.25, -0.2) is 4.98 Å². The quantitative estimate of drug-likeness (QED) is 0.756. The zero-order chi connectivity index (χ0) is 10.7. The van der Waals surface area contributed by atoms with Crippen molar-refractivity contribution in [2.45, 2.75) is 18.9 Å². The number of nitrogens with zero attached hydrogens (tertiary/aromatic N) is 3. The highest BCUT2D eigenvalue weighted by atomic mass is 16.3. The average molecular weight is 208 g/mol. The highest BCUT2D eigenvalue weighted by Crippen LogP contribution is 2.23. The lowest BCUT2D eigenvalue weighted by Crippen LogP contribution is -2.32. The molecule has 0 saturated carbocycles. The Morgan fingerprint density at radius 3 is 3.20 bits per heavy atom. The van der Waals surface area contributed by atoms with Crippen molar-refractivity contribution in [3.63, 3.8) is 0 Å². The fourth-order valence-electron chi connectivity index (χ4n) is 1.94. The van der Waals surface area contributed by atoms with Crippen LogP contribution in [0.4, 0.5) is 11.6 Å². The second kappa shape index (κ2) is 4.44. The summed E-state index contributed by atoms with van der Waals surface area (Å²) in [5, 5.41) is 12.2. The zero-order valence-corrected chi connectivity index (χ0v) is 8.85. The van der Waals surface area contributed by atoms with Crippen LogP contribution in [0.5, 0.6) is 0 Å². The summed E-state index contributed by atoms with van der Waals surface area (Å²) in [7, 11) is 1.82. The molecule has 0 radical (unpaired) electrons. The molecule has 1 fully saturated rings. The van der Waals surface area contributed by atoms with E-state index < -0.39 is 0 Å². The molecule has 1 aliphatic rings. The van der Waals surface area contributed by atoms with Crippen LogP contribution < -0.4 is 10.2 Å². The summed E-state index contributed by atoms with van der Waals surface area (Å²) in [6, 6.07) is 0.200. The number of hydrogen-bond acceptors (Lipinski definition) is 5. The molecule has 1 atom stereocenters. The summed E-state index contributed by atoms with van der Waals surface area (Å²) in [6.07, 6.45) is 5.57. The minimum absolute atomic E-state index is 0.186. The molecule has 2 heterocycles. The van der Waals surface area contributed by atoms with Gasteiger partial charge in [0, 0.05) is 13.6 Å². The standard InChI is InChI=1S/C10H16N4O/c1-11-9-5-12-6-10(13-9)14-4-2-3-8(14)7-15/h5-6,8,15H,2-4,7H2,1H3,(H,11,13). The van der Waals surface area contributed by atoms with E-state index in [2.05, 4.69) is 20.2 Å². The third-order valence-corrected chi connectivity index (χ3v) is 2.76. The number of aliphatic hydroxyl groups is 1. The van der Waals surface area contributed by atoms with Gasteiger partial charge < -0.3 is 15.3 Å². The van der Waals surface area contributed by atoms with Gasteiger partial charge in [-0.3, -0.25) is 4.98 Å². The Labute approximate surface area is 89.2 Å². The van der Waals surface area contributed by atoms with Crippen LogP contribution in [0.2, 0.25) is 0 Å². The SMILES string of the molecule is CNc1cncc(N2CCCC2CO)n1. The fraction of sp³-hybridized carbons (Fsp3) is 0.600. The van der Waals surface area contributed by atoms with Gasteiger partial charge in [0.15, 0.2) is 0 Å². The predicted octanol–water partition coefficient (Wildman–Crippen LogP) is 0.479. The van der Waals surface area contributed by atoms with Crippen molar-refractivity contribution in [2.24, 2.45) is 0 Å². The minimum Gasteiger partial charge on any atom is -0.394 e. The summed E-state index contributed by atoms with van der Waals surface area (Å²) < 4.78 is 0. The molecule has 2 N–H and O–H groups in total. The van der Waals surface area contributed by atoms with E-state index in [4.69, 9.17) is 0 Å². The lowest BCUT2D eigenvalue weighted by atomic mass is 10.2. The van der Waals surface area contributed by atoms with Crippen molar-refractivity contribution in [1.82, 2.24) is 9.97 Å². The molecule has 82 valence electrons. The van der Waals surface area contributed by atoms with Crippen molar-refractivity contribution in [3.05, 3.63) is 12.4 Å². The van der Waals surface area contributed by atoms with E-state index in [0.29, 0.717) is 0 Å². The van der Waals surface area contributed by atoms with Crippen LogP contribution in [0.3, 0.4) is 0 Å². The topological polar surface area (TPSA) is 61.3 Å². The van der Waals surface area contributed by atoms with E-state index in [-0.39, 0.29) is 12.6 Å². The molecule has 0 bridgehead atoms. The predicted molar refractivity (Wildman–Crippen MR) is 59.0 cm³/mol. The second-order valence-electron chi connectivity index (χ2n) is 3.68. The van der Waals surface area contributed by atoms with Gasteiger partial charge in [0.1, 0.15) is 11.6 Å². The molecule has 1 aliphatic heterocycles. The van der Waals surface area contributed by atoms with Crippen LogP contribution in [0.15, 0.2) is 12.4 Å². The van der Waals surface area contributed by atoms with Crippen LogP contribution in [0.25, 0.3) is 0 Å². The summed E-state index contributed by atoms with van der Waals surface area (Å²) >= 11 is 0. The number of aromatic nitrogens is 2. The van der Waals surface area contributed by atoms with Crippen molar-refractivity contribution >= 4 is 11.6 Å². The summed E-state index contributed by atoms with van der Waals surface area (Å²) in [5.74, 6) is 1.61. The first kappa shape index (κ1) is 10.2. The van der Waals surface area contributed by atoms with Crippen LogP contribution >= 0.6 is 0 Å². The first-order valence-corrected chi connectivity index (χ1v) is 5.22. The molecule has 1 saturated heterocycles. The third kappa shape index (κ3) is 2.02. The Morgan fingerprint density at radius 2 is 2.47 bits per heavy atom. The van der Waals surface area contributed by atoms with Gasteiger partial charge in [-0.2, -0.15) is 0 Å². The molecule has 15 heavy (non-hydrogen) atoms. The van der Waals surface area contributed by atoms with Crippen LogP contribution in [0.1, 0.15) is 12.8 Å². The van der Waals surface area contributed by atoms with Gasteiger partial charge in [0.05, 0.1) is 25.0 Å². The van der Waals surface area contributed by atoms with Crippen molar-refractivity contribution in [3.8, 4) is 0 Å². The van der Waals surface area contributed by atoms with E-state index in [0.717, 1.165) is 31.0 Å². The Kier molecular flexibility index (Phi) is 3.01. The Hall–Kier alpha value is -1.36. The Balaban J connectivity index is 2.20. The van der Waals surface area contributed by atoms with E-state index in [9.17, 15) is 5.11 Å². The maximum atomic E-state index is 9.22. The lowest BCUT2D eigenvalue weighted by Gasteiger charge is -2.23. The highest BCUT2D eigenvalue weighted by molar-refractivity contribution is 5.45. The number of hydrogen-bond donors (Lipinski definition) is 2. The number of aliphatic hydroxyl groups excluding tert-OH is 1. The van der Waals surface area contributed by atoms with Gasteiger partial charge in [-0.1, -0.05) is 0 Å². The van der Waals surface area contributed by atoms with Crippen LogP contribution in [-0.2, 0) is 0 Å². The van der Waals surface area contributed by atoms with Gasteiger partial charge in [-0.05, 0) is 12.8 Å². The van der Waals surface area contributed by atoms with E-state index in [1.54, 1.807) is 12.4 Å². The summed E-state index contributed by atoms with van der Waals surface area (Å²) in [5.41, 5.74) is 0. The smallest absolute Gasteiger partial charge is 0.149 e. The van der Waals surface area contributed by atoms with Gasteiger partial charge in [0.25, 0.3) is 0 Å². The Morgan fingerprint density at radius 1 is 1.60 bits per heavy atom. The number of nitrogens with one attached hydrogen (secondary N) is 1. The molecule has 2 rings (SSSR count). The normalized spacial score (nSPS) is 20.7. The van der Waals surface area contributed by atoms with Crippen molar-refractivity contribution in [2.75, 3.05) is 30.4 Å². The van der Waals surface area contributed by atoms with E-state index in [1.165, 1.54) is 0 Å². The molecule has 1 aromatic heterocycles. The highest BCUT2D eigenvalue weighted by Gasteiger charge is 2.25. The van der Waals surface area contributed by atoms with Gasteiger partial charge in [0.2, 0.25) is 0 Å². The fourth-order valence-corrected chi connectivity index (χ4v) is 1.94. The number of rotatable bonds is 3. The second-order valence-corrected chi connectivity index (χ2v) is 3.68. The average Bonchev–Trinajstić information content (AvgIpc) is 2.77. The molecule has 1 aromatic rings. The van der Waals surface area contributed by atoms with Crippen molar-refractivity contribution < 1.29 is 5.11 Å². The maximum Gasteiger partial charge on any atom is 0.149 e. The van der Waals surface area contributed by atoms with Gasteiger partial charge in [-0.15, -0.1) is 0 Å². The molecule has 0 amide bonds. The van der Waals surface area contributed by atoms with Gasteiger partial charge >= 0.3 is 0 Å². The van der Waals surface area contributed by atoms with Crippen LogP contribution in [0, 0.1) is 0 Å². The Bertz CT molecular complexity index is 331. The number of anilines is 2. The molecule has 1 unspecified atom stereocenters. The molecular weight excluding hydrogens is 192 g/mol. The van der Waals surface area contributed by atoms with E-state index >= 15 is 0 Å². The minimum atomic E-state index is 0.186. The van der Waals surface area contributed by atoms with Crippen LogP contribution in [-0.4, -0.2) is 41.3 Å². The van der Waals surface area contributed by atoms with E-state index in [1.807, 2.05) is 7.05 Å². The summed E-state index contributed by atoms with van der Waals surface area (Å²) in [4.78, 5) is 10.7. The largest absolute Gasteiger partial charge is 0.394 e. The molecule has 0 aromatic carbocycles. The van der Waals surface area contributed by atoms with Crippen molar-refractivity contribution in [1.29, 1.82) is 0 Å². The first-order chi connectivity index (χ1) is 7.35. The first-order valence-electron chi connectivity index (χ1n) is 5.22. The molecule has 0 aliphatic carbocycles. The third-order valence-electron chi connectivity index (χ3n) is 2.76. The lowest BCUT2D eigenvalue weighted by molar-refractivity contribution is 0.266. The molecule has 5 heteroatoms. The molecule has 0 spiro atoms.